The highest BCUT2D eigenvalue weighted by atomic mass is 16.2. The Balaban J connectivity index is 1.70. The molecule has 1 amide bonds. The SMILES string of the molecule is O=C1N(c2ccccc2)C(/C=C/c2ccccc2)C1(c1ccccc1)c1ccccc1. The van der Waals surface area contributed by atoms with Crippen LogP contribution in [0.25, 0.3) is 6.08 Å². The Morgan fingerprint density at radius 3 is 1.58 bits per heavy atom. The molecular formula is C29H23NO. The van der Waals surface area contributed by atoms with Crippen LogP contribution in [0.1, 0.15) is 16.7 Å². The predicted octanol–water partition coefficient (Wildman–Crippen LogP) is 6.10. The number of hydrogen-bond acceptors (Lipinski definition) is 1. The zero-order valence-corrected chi connectivity index (χ0v) is 17.1. The molecule has 31 heavy (non-hydrogen) atoms. The van der Waals surface area contributed by atoms with Gasteiger partial charge in [-0.05, 0) is 28.8 Å². The van der Waals surface area contributed by atoms with Crippen molar-refractivity contribution >= 4 is 17.7 Å². The van der Waals surface area contributed by atoms with Gasteiger partial charge in [-0.3, -0.25) is 4.79 Å². The minimum atomic E-state index is -0.760. The lowest BCUT2D eigenvalue weighted by Crippen LogP contribution is -2.71. The first-order valence-electron chi connectivity index (χ1n) is 10.5. The highest BCUT2D eigenvalue weighted by molar-refractivity contribution is 6.13. The minimum absolute atomic E-state index is 0.0961. The molecule has 2 heteroatoms. The zero-order chi connectivity index (χ0) is 21.1. The van der Waals surface area contributed by atoms with E-state index in [1.165, 1.54) is 0 Å². The van der Waals surface area contributed by atoms with E-state index in [9.17, 15) is 4.79 Å². The zero-order valence-electron chi connectivity index (χ0n) is 17.1. The molecule has 0 saturated carbocycles. The van der Waals surface area contributed by atoms with Gasteiger partial charge in [0.1, 0.15) is 5.41 Å². The maximum absolute atomic E-state index is 14.0. The summed E-state index contributed by atoms with van der Waals surface area (Å²) in [7, 11) is 0. The molecule has 0 bridgehead atoms. The van der Waals surface area contributed by atoms with Gasteiger partial charge >= 0.3 is 0 Å². The number of β-lactam (4-membered cyclic amide) rings is 1. The van der Waals surface area contributed by atoms with Crippen LogP contribution in [0.2, 0.25) is 0 Å². The Morgan fingerprint density at radius 2 is 1.06 bits per heavy atom. The van der Waals surface area contributed by atoms with Crippen molar-refractivity contribution in [3.8, 4) is 0 Å². The van der Waals surface area contributed by atoms with Gasteiger partial charge in [0, 0.05) is 5.69 Å². The highest BCUT2D eigenvalue weighted by Crippen LogP contribution is 2.50. The molecule has 2 nitrogen and oxygen atoms in total. The summed E-state index contributed by atoms with van der Waals surface area (Å²) in [6.45, 7) is 0. The summed E-state index contributed by atoms with van der Waals surface area (Å²) in [6, 6.07) is 40.3. The molecule has 1 atom stereocenters. The van der Waals surface area contributed by atoms with Crippen molar-refractivity contribution in [1.29, 1.82) is 0 Å². The van der Waals surface area contributed by atoms with E-state index in [-0.39, 0.29) is 11.9 Å². The number of para-hydroxylation sites is 1. The average Bonchev–Trinajstić information content (AvgIpc) is 2.84. The van der Waals surface area contributed by atoms with Crippen molar-refractivity contribution in [1.82, 2.24) is 0 Å². The largest absolute Gasteiger partial charge is 0.303 e. The number of rotatable bonds is 5. The third-order valence-electron chi connectivity index (χ3n) is 6.04. The molecule has 150 valence electrons. The Bertz CT molecular complexity index is 1150. The molecule has 0 aromatic heterocycles. The van der Waals surface area contributed by atoms with Gasteiger partial charge in [-0.2, -0.15) is 0 Å². The van der Waals surface area contributed by atoms with Crippen molar-refractivity contribution in [2.45, 2.75) is 11.5 Å². The Labute approximate surface area is 183 Å². The van der Waals surface area contributed by atoms with Crippen molar-refractivity contribution in [2.75, 3.05) is 4.90 Å². The first-order chi connectivity index (χ1) is 15.3. The van der Waals surface area contributed by atoms with Gasteiger partial charge in [-0.1, -0.05) is 121 Å². The highest BCUT2D eigenvalue weighted by Gasteiger charge is 2.61. The van der Waals surface area contributed by atoms with E-state index < -0.39 is 5.41 Å². The third kappa shape index (κ3) is 3.17. The van der Waals surface area contributed by atoms with E-state index in [4.69, 9.17) is 0 Å². The number of amides is 1. The second kappa shape index (κ2) is 8.08. The van der Waals surface area contributed by atoms with E-state index >= 15 is 0 Å². The topological polar surface area (TPSA) is 20.3 Å². The fraction of sp³-hybridized carbons (Fsp3) is 0.0690. The number of nitrogens with zero attached hydrogens (tertiary/aromatic N) is 1. The van der Waals surface area contributed by atoms with E-state index in [0.29, 0.717) is 0 Å². The molecule has 5 rings (SSSR count). The normalized spacial score (nSPS) is 17.5. The molecule has 4 aromatic rings. The fourth-order valence-corrected chi connectivity index (χ4v) is 4.59. The van der Waals surface area contributed by atoms with Crippen LogP contribution in [0.3, 0.4) is 0 Å². The third-order valence-corrected chi connectivity index (χ3v) is 6.04. The van der Waals surface area contributed by atoms with Gasteiger partial charge in [0.15, 0.2) is 0 Å². The maximum atomic E-state index is 14.0. The second-order valence-corrected chi connectivity index (χ2v) is 7.77. The van der Waals surface area contributed by atoms with Crippen LogP contribution in [0, 0.1) is 0 Å². The fourth-order valence-electron chi connectivity index (χ4n) is 4.59. The Hall–Kier alpha value is -3.91. The minimum Gasteiger partial charge on any atom is -0.303 e. The summed E-state index contributed by atoms with van der Waals surface area (Å²) in [5, 5.41) is 0. The molecular weight excluding hydrogens is 378 g/mol. The van der Waals surface area contributed by atoms with E-state index in [1.807, 2.05) is 89.8 Å². The average molecular weight is 402 g/mol. The second-order valence-electron chi connectivity index (χ2n) is 7.77. The monoisotopic (exact) mass is 401 g/mol. The lowest BCUT2D eigenvalue weighted by Gasteiger charge is -2.55. The van der Waals surface area contributed by atoms with Gasteiger partial charge in [0.2, 0.25) is 5.91 Å². The summed E-state index contributed by atoms with van der Waals surface area (Å²) in [5.41, 5.74) is 3.30. The Morgan fingerprint density at radius 1 is 0.613 bits per heavy atom. The summed E-state index contributed by atoms with van der Waals surface area (Å²) >= 11 is 0. The number of carbonyl (C=O) groups is 1. The first-order valence-corrected chi connectivity index (χ1v) is 10.5. The van der Waals surface area contributed by atoms with Gasteiger partial charge in [-0.25, -0.2) is 0 Å². The van der Waals surface area contributed by atoms with Crippen LogP contribution in [0.5, 0.6) is 0 Å². The summed E-state index contributed by atoms with van der Waals surface area (Å²) in [6.07, 6.45) is 4.29. The molecule has 1 heterocycles. The molecule has 4 aromatic carbocycles. The molecule has 1 fully saturated rings. The molecule has 1 unspecified atom stereocenters. The van der Waals surface area contributed by atoms with Crippen molar-refractivity contribution in [3.05, 3.63) is 144 Å². The molecule has 1 aliphatic heterocycles. The first kappa shape index (κ1) is 19.1. The standard InChI is InChI=1S/C29H23NO/c31-28-29(24-15-7-2-8-16-24,25-17-9-3-10-18-25)27(22-21-23-13-5-1-6-14-23)30(28)26-19-11-4-12-20-26/h1-22,27H/b22-21+. The molecule has 0 aliphatic carbocycles. The van der Waals surface area contributed by atoms with E-state index in [0.717, 1.165) is 22.4 Å². The van der Waals surface area contributed by atoms with Gasteiger partial charge in [-0.15, -0.1) is 0 Å². The number of benzene rings is 4. The van der Waals surface area contributed by atoms with Crippen LogP contribution in [0.15, 0.2) is 127 Å². The summed E-state index contributed by atoms with van der Waals surface area (Å²) in [5.74, 6) is 0.0961. The summed E-state index contributed by atoms with van der Waals surface area (Å²) in [4.78, 5) is 15.9. The van der Waals surface area contributed by atoms with Gasteiger partial charge in [0.25, 0.3) is 0 Å². The smallest absolute Gasteiger partial charge is 0.245 e. The van der Waals surface area contributed by atoms with E-state index in [1.54, 1.807) is 0 Å². The molecule has 0 spiro atoms. The lowest BCUT2D eigenvalue weighted by atomic mass is 9.61. The van der Waals surface area contributed by atoms with Crippen molar-refractivity contribution in [3.63, 3.8) is 0 Å². The number of hydrogen-bond donors (Lipinski definition) is 0. The molecule has 0 radical (unpaired) electrons. The van der Waals surface area contributed by atoms with Crippen molar-refractivity contribution < 1.29 is 4.79 Å². The lowest BCUT2D eigenvalue weighted by molar-refractivity contribution is -0.129. The van der Waals surface area contributed by atoms with E-state index in [2.05, 4.69) is 48.6 Å². The van der Waals surface area contributed by atoms with Gasteiger partial charge < -0.3 is 4.90 Å². The molecule has 0 N–H and O–H groups in total. The quantitative estimate of drug-likeness (QED) is 0.370. The summed E-state index contributed by atoms with van der Waals surface area (Å²) < 4.78 is 0. The van der Waals surface area contributed by atoms with Crippen molar-refractivity contribution in [2.24, 2.45) is 0 Å². The van der Waals surface area contributed by atoms with Crippen LogP contribution in [-0.2, 0) is 10.2 Å². The number of anilines is 1. The molecule has 1 saturated heterocycles. The number of carbonyl (C=O) groups excluding carboxylic acids is 1. The van der Waals surface area contributed by atoms with Gasteiger partial charge in [0.05, 0.1) is 6.04 Å². The molecule has 1 aliphatic rings. The van der Waals surface area contributed by atoms with Crippen LogP contribution < -0.4 is 4.90 Å². The maximum Gasteiger partial charge on any atom is 0.245 e. The predicted molar refractivity (Wildman–Crippen MR) is 127 cm³/mol. The van der Waals surface area contributed by atoms with Crippen LogP contribution in [0.4, 0.5) is 5.69 Å². The van der Waals surface area contributed by atoms with Crippen LogP contribution >= 0.6 is 0 Å². The Kier molecular flexibility index (Phi) is 4.97. The van der Waals surface area contributed by atoms with Crippen LogP contribution in [-0.4, -0.2) is 11.9 Å².